The predicted molar refractivity (Wildman–Crippen MR) is 93.3 cm³/mol. The summed E-state index contributed by atoms with van der Waals surface area (Å²) in [4.78, 5) is 16.2. The van der Waals surface area contributed by atoms with Crippen LogP contribution in [0, 0.1) is 20.8 Å². The zero-order valence-electron chi connectivity index (χ0n) is 14.0. The highest BCUT2D eigenvalue weighted by molar-refractivity contribution is 7.89. The Balaban J connectivity index is 1.91. The van der Waals surface area contributed by atoms with Crippen LogP contribution in [-0.2, 0) is 14.8 Å². The zero-order chi connectivity index (χ0) is 17.7. The number of carbonyl (C=O) groups excluding carboxylic acids is 1. The molecule has 1 aromatic heterocycles. The van der Waals surface area contributed by atoms with E-state index in [1.165, 1.54) is 0 Å². The van der Waals surface area contributed by atoms with Crippen LogP contribution in [0.4, 0.5) is 5.82 Å². The molecule has 0 fully saturated rings. The Hall–Kier alpha value is -2.25. The second-order valence-electron chi connectivity index (χ2n) is 5.69. The lowest BCUT2D eigenvalue weighted by molar-refractivity contribution is -0.116. The Kier molecular flexibility index (Phi) is 5.69. The Morgan fingerprint density at radius 3 is 2.46 bits per heavy atom. The summed E-state index contributed by atoms with van der Waals surface area (Å²) in [6.45, 7) is 5.50. The van der Waals surface area contributed by atoms with Crippen molar-refractivity contribution in [2.45, 2.75) is 32.1 Å². The lowest BCUT2D eigenvalue weighted by Gasteiger charge is -2.10. The zero-order valence-corrected chi connectivity index (χ0v) is 14.8. The average molecular weight is 347 g/mol. The molecule has 0 saturated carbocycles. The molecule has 0 aliphatic carbocycles. The molecule has 7 heteroatoms. The maximum Gasteiger partial charge on any atom is 0.240 e. The van der Waals surface area contributed by atoms with Crippen molar-refractivity contribution in [2.24, 2.45) is 0 Å². The summed E-state index contributed by atoms with van der Waals surface area (Å²) in [5.74, 6) is 0.151. The van der Waals surface area contributed by atoms with E-state index in [1.807, 2.05) is 26.0 Å². The summed E-state index contributed by atoms with van der Waals surface area (Å²) < 4.78 is 27.1. The number of sulfonamides is 1. The number of anilines is 1. The van der Waals surface area contributed by atoms with E-state index in [0.717, 1.165) is 11.1 Å². The first kappa shape index (κ1) is 18.1. The number of aromatic nitrogens is 1. The van der Waals surface area contributed by atoms with E-state index in [1.54, 1.807) is 31.3 Å². The van der Waals surface area contributed by atoms with Crippen LogP contribution >= 0.6 is 0 Å². The molecular weight excluding hydrogens is 326 g/mol. The topological polar surface area (TPSA) is 88.2 Å². The molecule has 0 unspecified atom stereocenters. The van der Waals surface area contributed by atoms with Gasteiger partial charge in [-0.3, -0.25) is 4.79 Å². The van der Waals surface area contributed by atoms with Gasteiger partial charge < -0.3 is 5.32 Å². The van der Waals surface area contributed by atoms with Gasteiger partial charge in [0.25, 0.3) is 0 Å². The number of pyridine rings is 1. The predicted octanol–water partition coefficient (Wildman–Crippen LogP) is 2.31. The van der Waals surface area contributed by atoms with Crippen molar-refractivity contribution < 1.29 is 13.2 Å². The van der Waals surface area contributed by atoms with Crippen LogP contribution in [-0.4, -0.2) is 25.9 Å². The quantitative estimate of drug-likeness (QED) is 0.839. The maximum absolute atomic E-state index is 12.3. The fourth-order valence-electron chi connectivity index (χ4n) is 2.12. The molecule has 0 aliphatic heterocycles. The van der Waals surface area contributed by atoms with Crippen LogP contribution in [0.5, 0.6) is 0 Å². The summed E-state index contributed by atoms with van der Waals surface area (Å²) in [5, 5.41) is 2.63. The summed E-state index contributed by atoms with van der Waals surface area (Å²) in [5.41, 5.74) is 2.53. The molecule has 1 amide bonds. The summed E-state index contributed by atoms with van der Waals surface area (Å²) >= 11 is 0. The standard InChI is InChI=1S/C17H21N3O3S/c1-12-4-6-14(3)15(10-12)24(22,23)19-9-8-17(21)20-16-7-5-13(2)11-18-16/h4-7,10-11,19H,8-9H2,1-3H3,(H,18,20,21). The van der Waals surface area contributed by atoms with Gasteiger partial charge in [0.05, 0.1) is 4.90 Å². The highest BCUT2D eigenvalue weighted by Gasteiger charge is 2.17. The number of hydrogen-bond donors (Lipinski definition) is 2. The molecular formula is C17H21N3O3S. The Morgan fingerprint density at radius 2 is 1.79 bits per heavy atom. The van der Waals surface area contributed by atoms with Crippen LogP contribution < -0.4 is 10.0 Å². The van der Waals surface area contributed by atoms with E-state index in [-0.39, 0.29) is 23.8 Å². The smallest absolute Gasteiger partial charge is 0.240 e. The van der Waals surface area contributed by atoms with E-state index < -0.39 is 10.0 Å². The molecule has 0 bridgehead atoms. The molecule has 1 heterocycles. The van der Waals surface area contributed by atoms with Gasteiger partial charge in [-0.2, -0.15) is 0 Å². The molecule has 2 rings (SSSR count). The van der Waals surface area contributed by atoms with Gasteiger partial charge in [-0.05, 0) is 49.6 Å². The highest BCUT2D eigenvalue weighted by atomic mass is 32.2. The fourth-order valence-corrected chi connectivity index (χ4v) is 3.48. The second-order valence-corrected chi connectivity index (χ2v) is 7.42. The molecule has 0 radical (unpaired) electrons. The van der Waals surface area contributed by atoms with Crippen molar-refractivity contribution in [2.75, 3.05) is 11.9 Å². The first-order chi connectivity index (χ1) is 11.3. The third-order valence-corrected chi connectivity index (χ3v) is 5.06. The van der Waals surface area contributed by atoms with Crippen molar-refractivity contribution >= 4 is 21.7 Å². The number of nitrogens with zero attached hydrogens (tertiary/aromatic N) is 1. The molecule has 0 saturated heterocycles. The minimum absolute atomic E-state index is 0.0212. The molecule has 1 aromatic carbocycles. The molecule has 128 valence electrons. The number of rotatable bonds is 6. The highest BCUT2D eigenvalue weighted by Crippen LogP contribution is 2.16. The van der Waals surface area contributed by atoms with Gasteiger partial charge in [0.2, 0.25) is 15.9 Å². The van der Waals surface area contributed by atoms with E-state index >= 15 is 0 Å². The molecule has 0 atom stereocenters. The van der Waals surface area contributed by atoms with E-state index in [2.05, 4.69) is 15.0 Å². The summed E-state index contributed by atoms with van der Waals surface area (Å²) in [7, 11) is -3.63. The van der Waals surface area contributed by atoms with Gasteiger partial charge in [0.1, 0.15) is 5.82 Å². The van der Waals surface area contributed by atoms with Gasteiger partial charge in [0, 0.05) is 19.2 Å². The first-order valence-corrected chi connectivity index (χ1v) is 9.06. The van der Waals surface area contributed by atoms with Crippen molar-refractivity contribution in [1.82, 2.24) is 9.71 Å². The summed E-state index contributed by atoms with van der Waals surface area (Å²) in [6, 6.07) is 8.78. The second kappa shape index (κ2) is 7.55. The largest absolute Gasteiger partial charge is 0.311 e. The van der Waals surface area contributed by atoms with Crippen LogP contribution in [0.25, 0.3) is 0 Å². The van der Waals surface area contributed by atoms with Crippen molar-refractivity contribution in [3.8, 4) is 0 Å². The van der Waals surface area contributed by atoms with E-state index in [9.17, 15) is 13.2 Å². The van der Waals surface area contributed by atoms with E-state index in [0.29, 0.717) is 11.4 Å². The van der Waals surface area contributed by atoms with Crippen molar-refractivity contribution in [3.05, 3.63) is 53.2 Å². The minimum Gasteiger partial charge on any atom is -0.311 e. The lowest BCUT2D eigenvalue weighted by Crippen LogP contribution is -2.28. The normalized spacial score (nSPS) is 11.3. The Morgan fingerprint density at radius 1 is 1.08 bits per heavy atom. The third-order valence-electron chi connectivity index (χ3n) is 3.46. The lowest BCUT2D eigenvalue weighted by atomic mass is 10.2. The maximum atomic E-state index is 12.3. The minimum atomic E-state index is -3.63. The molecule has 2 N–H and O–H groups in total. The van der Waals surface area contributed by atoms with Crippen LogP contribution in [0.15, 0.2) is 41.4 Å². The Labute approximate surface area is 142 Å². The van der Waals surface area contributed by atoms with Gasteiger partial charge in [-0.15, -0.1) is 0 Å². The van der Waals surface area contributed by atoms with Gasteiger partial charge >= 0.3 is 0 Å². The molecule has 0 aliphatic rings. The number of nitrogens with one attached hydrogen (secondary N) is 2. The first-order valence-electron chi connectivity index (χ1n) is 7.57. The van der Waals surface area contributed by atoms with Crippen molar-refractivity contribution in [3.63, 3.8) is 0 Å². The number of amides is 1. The SMILES string of the molecule is Cc1ccc(NC(=O)CCNS(=O)(=O)c2cc(C)ccc2C)nc1. The fraction of sp³-hybridized carbons (Fsp3) is 0.294. The van der Waals surface area contributed by atoms with Gasteiger partial charge in [-0.1, -0.05) is 18.2 Å². The molecule has 6 nitrogen and oxygen atoms in total. The van der Waals surface area contributed by atoms with Crippen LogP contribution in [0.2, 0.25) is 0 Å². The molecule has 0 spiro atoms. The molecule has 2 aromatic rings. The van der Waals surface area contributed by atoms with Gasteiger partial charge in [-0.25, -0.2) is 18.1 Å². The summed E-state index contributed by atoms with van der Waals surface area (Å²) in [6.07, 6.45) is 1.68. The van der Waals surface area contributed by atoms with Gasteiger partial charge in [0.15, 0.2) is 0 Å². The Bertz CT molecular complexity index is 831. The third kappa shape index (κ3) is 4.87. The van der Waals surface area contributed by atoms with Crippen LogP contribution in [0.1, 0.15) is 23.1 Å². The van der Waals surface area contributed by atoms with Crippen molar-refractivity contribution in [1.29, 1.82) is 0 Å². The number of carbonyl (C=O) groups is 1. The van der Waals surface area contributed by atoms with Crippen LogP contribution in [0.3, 0.4) is 0 Å². The monoisotopic (exact) mass is 347 g/mol. The number of aryl methyl sites for hydroxylation is 3. The van der Waals surface area contributed by atoms with E-state index in [4.69, 9.17) is 0 Å². The molecule has 24 heavy (non-hydrogen) atoms. The number of hydrogen-bond acceptors (Lipinski definition) is 4. The number of benzene rings is 1. The average Bonchev–Trinajstić information content (AvgIpc) is 2.51.